The monoisotopic (exact) mass is 348 g/mol. The zero-order valence-electron chi connectivity index (χ0n) is 11.4. The Kier molecular flexibility index (Phi) is 3.59. The second-order valence-corrected chi connectivity index (χ2v) is 5.70. The Morgan fingerprint density at radius 1 is 1.29 bits per heavy atom. The lowest BCUT2D eigenvalue weighted by Gasteiger charge is -2.16. The molecule has 0 N–H and O–H groups in total. The van der Waals surface area contributed by atoms with Crippen LogP contribution in [-0.2, 0) is 17.9 Å². The van der Waals surface area contributed by atoms with Crippen molar-refractivity contribution in [2.24, 2.45) is 0 Å². The van der Waals surface area contributed by atoms with Crippen LogP contribution >= 0.6 is 15.9 Å². The molecule has 3 rings (SSSR count). The minimum Gasteiger partial charge on any atom is -0.297 e. The second-order valence-electron chi connectivity index (χ2n) is 4.78. The molecular formula is C14H13BrN4O2. The molecule has 0 radical (unpaired) electrons. The Morgan fingerprint density at radius 3 is 2.86 bits per heavy atom. The van der Waals surface area contributed by atoms with E-state index in [0.29, 0.717) is 17.1 Å². The van der Waals surface area contributed by atoms with Gasteiger partial charge in [-0.25, -0.2) is 9.67 Å². The van der Waals surface area contributed by atoms with Crippen LogP contribution in [0.15, 0.2) is 29.0 Å². The Bertz CT molecular complexity index is 726. The fourth-order valence-electron chi connectivity index (χ4n) is 2.37. The predicted molar refractivity (Wildman–Crippen MR) is 80.0 cm³/mol. The second kappa shape index (κ2) is 5.40. The van der Waals surface area contributed by atoms with Gasteiger partial charge in [0, 0.05) is 11.0 Å². The van der Waals surface area contributed by atoms with Crippen LogP contribution < -0.4 is 4.90 Å². The lowest BCUT2D eigenvalue weighted by Crippen LogP contribution is -2.30. The maximum atomic E-state index is 12.2. The van der Waals surface area contributed by atoms with Gasteiger partial charge in [-0.3, -0.25) is 14.5 Å². The molecule has 2 heterocycles. The highest BCUT2D eigenvalue weighted by Crippen LogP contribution is 2.32. The number of nitrogens with zero attached hydrogens (tertiary/aromatic N) is 4. The van der Waals surface area contributed by atoms with E-state index in [4.69, 9.17) is 0 Å². The van der Waals surface area contributed by atoms with E-state index in [1.165, 1.54) is 11.2 Å². The first-order valence-corrected chi connectivity index (χ1v) is 7.43. The lowest BCUT2D eigenvalue weighted by atomic mass is 10.1. The van der Waals surface area contributed by atoms with Gasteiger partial charge in [0.2, 0.25) is 0 Å². The topological polar surface area (TPSA) is 68.1 Å². The van der Waals surface area contributed by atoms with Gasteiger partial charge in [0.25, 0.3) is 11.7 Å². The Hall–Kier alpha value is -2.02. The van der Waals surface area contributed by atoms with Crippen molar-refractivity contribution in [2.75, 3.05) is 4.90 Å². The summed E-state index contributed by atoms with van der Waals surface area (Å²) in [5.41, 5.74) is 1.05. The number of rotatable bonds is 4. The van der Waals surface area contributed by atoms with Crippen LogP contribution in [0, 0.1) is 0 Å². The summed E-state index contributed by atoms with van der Waals surface area (Å²) < 4.78 is 2.58. The van der Waals surface area contributed by atoms with E-state index in [1.807, 2.05) is 6.92 Å². The molecule has 6 nitrogen and oxygen atoms in total. The smallest absolute Gasteiger partial charge is 0.297 e. The Balaban J connectivity index is 1.96. The highest BCUT2D eigenvalue weighted by Gasteiger charge is 2.36. The zero-order chi connectivity index (χ0) is 15.0. The van der Waals surface area contributed by atoms with Gasteiger partial charge in [-0.05, 0) is 24.6 Å². The summed E-state index contributed by atoms with van der Waals surface area (Å²) in [4.78, 5) is 29.8. The highest BCUT2D eigenvalue weighted by molar-refractivity contribution is 9.10. The number of ketones is 1. The van der Waals surface area contributed by atoms with E-state index < -0.39 is 11.7 Å². The molecule has 1 aliphatic rings. The molecule has 0 saturated heterocycles. The minimum atomic E-state index is -0.519. The third kappa shape index (κ3) is 2.37. The maximum absolute atomic E-state index is 12.2. The van der Waals surface area contributed by atoms with Gasteiger partial charge in [-0.2, -0.15) is 5.10 Å². The lowest BCUT2D eigenvalue weighted by molar-refractivity contribution is -0.114. The SMILES string of the molecule is CCCn1ncnc1CN1C(=O)C(=O)c2ccc(Br)cc21. The number of Topliss-reactive ketones (excluding diaryl/α,β-unsaturated/α-hetero) is 1. The number of halogens is 1. The van der Waals surface area contributed by atoms with Gasteiger partial charge in [-0.15, -0.1) is 0 Å². The van der Waals surface area contributed by atoms with Crippen molar-refractivity contribution in [3.8, 4) is 0 Å². The molecule has 108 valence electrons. The number of carbonyl (C=O) groups is 2. The van der Waals surface area contributed by atoms with Crippen LogP contribution in [-0.4, -0.2) is 26.5 Å². The summed E-state index contributed by atoms with van der Waals surface area (Å²) >= 11 is 3.37. The van der Waals surface area contributed by atoms with Crippen LogP contribution in [0.5, 0.6) is 0 Å². The van der Waals surface area contributed by atoms with Gasteiger partial charge < -0.3 is 0 Å². The van der Waals surface area contributed by atoms with Gasteiger partial charge >= 0.3 is 0 Å². The zero-order valence-corrected chi connectivity index (χ0v) is 13.0. The molecule has 21 heavy (non-hydrogen) atoms. The normalized spacial score (nSPS) is 13.9. The first-order valence-electron chi connectivity index (χ1n) is 6.64. The molecule has 0 fully saturated rings. The molecule has 0 atom stereocenters. The van der Waals surface area contributed by atoms with Crippen molar-refractivity contribution in [3.63, 3.8) is 0 Å². The predicted octanol–water partition coefficient (Wildman–Crippen LogP) is 2.18. The number of aryl methyl sites for hydroxylation is 1. The number of hydrogen-bond acceptors (Lipinski definition) is 4. The molecule has 0 saturated carbocycles. The molecule has 0 aliphatic carbocycles. The number of aromatic nitrogens is 3. The van der Waals surface area contributed by atoms with Gasteiger partial charge in [0.05, 0.1) is 17.8 Å². The molecule has 0 bridgehead atoms. The molecular weight excluding hydrogens is 336 g/mol. The van der Waals surface area contributed by atoms with E-state index in [-0.39, 0.29) is 6.54 Å². The maximum Gasteiger partial charge on any atom is 0.299 e. The van der Waals surface area contributed by atoms with Gasteiger partial charge in [0.1, 0.15) is 12.2 Å². The summed E-state index contributed by atoms with van der Waals surface area (Å²) in [5.74, 6) is -0.320. The molecule has 1 aromatic heterocycles. The van der Waals surface area contributed by atoms with Crippen molar-refractivity contribution in [1.82, 2.24) is 14.8 Å². The average Bonchev–Trinajstić information content (AvgIpc) is 2.99. The van der Waals surface area contributed by atoms with Crippen molar-refractivity contribution in [1.29, 1.82) is 0 Å². The van der Waals surface area contributed by atoms with Gasteiger partial charge in [0.15, 0.2) is 0 Å². The Labute approximate surface area is 129 Å². The van der Waals surface area contributed by atoms with Crippen LogP contribution in [0.25, 0.3) is 0 Å². The molecule has 2 aromatic rings. The summed E-state index contributed by atoms with van der Waals surface area (Å²) in [7, 11) is 0. The van der Waals surface area contributed by atoms with E-state index >= 15 is 0 Å². The van der Waals surface area contributed by atoms with Gasteiger partial charge in [-0.1, -0.05) is 22.9 Å². The third-order valence-electron chi connectivity index (χ3n) is 3.37. The summed E-state index contributed by atoms with van der Waals surface area (Å²) in [6.45, 7) is 3.02. The number of fused-ring (bicyclic) bond motifs is 1. The van der Waals surface area contributed by atoms with Crippen LogP contribution in [0.1, 0.15) is 29.5 Å². The van der Waals surface area contributed by atoms with Crippen LogP contribution in [0.4, 0.5) is 5.69 Å². The minimum absolute atomic E-state index is 0.244. The number of carbonyl (C=O) groups excluding carboxylic acids is 2. The number of benzene rings is 1. The van der Waals surface area contributed by atoms with Crippen molar-refractivity contribution in [3.05, 3.63) is 40.4 Å². The van der Waals surface area contributed by atoms with E-state index in [9.17, 15) is 9.59 Å². The highest BCUT2D eigenvalue weighted by atomic mass is 79.9. The number of amides is 1. The molecule has 0 unspecified atom stereocenters. The number of hydrogen-bond donors (Lipinski definition) is 0. The third-order valence-corrected chi connectivity index (χ3v) is 3.86. The Morgan fingerprint density at radius 2 is 2.10 bits per heavy atom. The fraction of sp³-hybridized carbons (Fsp3) is 0.286. The van der Waals surface area contributed by atoms with Crippen molar-refractivity contribution < 1.29 is 9.59 Å². The van der Waals surface area contributed by atoms with Crippen molar-refractivity contribution in [2.45, 2.75) is 26.4 Å². The molecule has 1 aromatic carbocycles. The average molecular weight is 349 g/mol. The summed E-state index contributed by atoms with van der Waals surface area (Å²) in [5, 5.41) is 4.14. The molecule has 1 amide bonds. The quantitative estimate of drug-likeness (QED) is 0.794. The largest absolute Gasteiger partial charge is 0.299 e. The van der Waals surface area contributed by atoms with Crippen LogP contribution in [0.2, 0.25) is 0 Å². The fourth-order valence-corrected chi connectivity index (χ4v) is 2.72. The summed E-state index contributed by atoms with van der Waals surface area (Å²) in [6, 6.07) is 5.20. The van der Waals surface area contributed by atoms with E-state index in [0.717, 1.165) is 17.4 Å². The molecule has 1 aliphatic heterocycles. The molecule has 0 spiro atoms. The van der Waals surface area contributed by atoms with Crippen molar-refractivity contribution >= 4 is 33.3 Å². The van der Waals surface area contributed by atoms with E-state index in [2.05, 4.69) is 26.0 Å². The number of anilines is 1. The summed E-state index contributed by atoms with van der Waals surface area (Å²) in [6.07, 6.45) is 2.39. The first kappa shape index (κ1) is 13.9. The molecule has 7 heteroatoms. The standard InChI is InChI=1S/C14H13BrN4O2/c1-2-5-19-12(16-8-17-19)7-18-11-6-9(15)3-4-10(11)13(20)14(18)21/h3-4,6,8H,2,5,7H2,1H3. The van der Waals surface area contributed by atoms with E-state index in [1.54, 1.807) is 22.9 Å². The first-order chi connectivity index (χ1) is 10.1. The van der Waals surface area contributed by atoms with Crippen LogP contribution in [0.3, 0.4) is 0 Å².